The Hall–Kier alpha value is -1.56. The van der Waals surface area contributed by atoms with Crippen molar-refractivity contribution in [3.63, 3.8) is 0 Å². The molecule has 0 saturated heterocycles. The quantitative estimate of drug-likeness (QED) is 0.911. The van der Waals surface area contributed by atoms with Crippen LogP contribution in [0.15, 0.2) is 53.4 Å². The van der Waals surface area contributed by atoms with Gasteiger partial charge in [0.1, 0.15) is 5.75 Å². The van der Waals surface area contributed by atoms with Gasteiger partial charge in [0, 0.05) is 17.1 Å². The van der Waals surface area contributed by atoms with Crippen molar-refractivity contribution in [2.45, 2.75) is 11.4 Å². The summed E-state index contributed by atoms with van der Waals surface area (Å²) in [6, 6.07) is 12.5. The maximum Gasteiger partial charge on any atom is 0.240 e. The molecule has 4 nitrogen and oxygen atoms in total. The number of halogens is 1. The predicted octanol–water partition coefficient (Wildman–Crippen LogP) is 2.52. The minimum atomic E-state index is -3.64. The lowest BCUT2D eigenvalue weighted by Crippen LogP contribution is -2.23. The molecule has 2 N–H and O–H groups in total. The summed E-state index contributed by atoms with van der Waals surface area (Å²) >= 11 is 5.76. The van der Waals surface area contributed by atoms with Gasteiger partial charge in [0.25, 0.3) is 0 Å². The zero-order chi connectivity index (χ0) is 13.9. The number of phenols is 1. The third kappa shape index (κ3) is 3.47. The summed E-state index contributed by atoms with van der Waals surface area (Å²) in [5.74, 6) is 0.0521. The van der Waals surface area contributed by atoms with Gasteiger partial charge in [-0.2, -0.15) is 0 Å². The molecule has 0 amide bonds. The summed E-state index contributed by atoms with van der Waals surface area (Å²) in [6.07, 6.45) is 0. The predicted molar refractivity (Wildman–Crippen MR) is 73.6 cm³/mol. The van der Waals surface area contributed by atoms with Crippen LogP contribution in [0.25, 0.3) is 0 Å². The third-order valence-electron chi connectivity index (χ3n) is 2.55. The normalized spacial score (nSPS) is 11.4. The van der Waals surface area contributed by atoms with Crippen LogP contribution in [0.4, 0.5) is 0 Å². The zero-order valence-electron chi connectivity index (χ0n) is 9.88. The molecule has 19 heavy (non-hydrogen) atoms. The van der Waals surface area contributed by atoms with Gasteiger partial charge in [0.05, 0.1) is 4.90 Å². The van der Waals surface area contributed by atoms with Gasteiger partial charge >= 0.3 is 0 Å². The van der Waals surface area contributed by atoms with Gasteiger partial charge in [-0.05, 0) is 24.3 Å². The Morgan fingerprint density at radius 1 is 1.11 bits per heavy atom. The number of benzene rings is 2. The second-order valence-corrected chi connectivity index (χ2v) is 6.11. The average Bonchev–Trinajstić information content (AvgIpc) is 2.38. The fourth-order valence-electron chi connectivity index (χ4n) is 1.55. The van der Waals surface area contributed by atoms with Gasteiger partial charge in [-0.25, -0.2) is 13.1 Å². The van der Waals surface area contributed by atoms with Crippen LogP contribution >= 0.6 is 11.6 Å². The summed E-state index contributed by atoms with van der Waals surface area (Å²) in [6.45, 7) is 0.0154. The molecular weight excluding hydrogens is 286 g/mol. The number of nitrogens with one attached hydrogen (secondary N) is 1. The first-order valence-electron chi connectivity index (χ1n) is 5.51. The van der Waals surface area contributed by atoms with E-state index in [9.17, 15) is 13.5 Å². The molecule has 2 rings (SSSR count). The van der Waals surface area contributed by atoms with E-state index in [0.29, 0.717) is 10.6 Å². The zero-order valence-corrected chi connectivity index (χ0v) is 11.4. The van der Waals surface area contributed by atoms with Gasteiger partial charge in [0.2, 0.25) is 10.0 Å². The Morgan fingerprint density at radius 3 is 2.53 bits per heavy atom. The maximum atomic E-state index is 12.0. The second kappa shape index (κ2) is 5.61. The molecule has 100 valence electrons. The molecule has 0 saturated carbocycles. The van der Waals surface area contributed by atoms with Crippen molar-refractivity contribution in [2.75, 3.05) is 0 Å². The van der Waals surface area contributed by atoms with E-state index in [1.165, 1.54) is 18.2 Å². The summed E-state index contributed by atoms with van der Waals surface area (Å²) in [5, 5.41) is 9.92. The Balaban J connectivity index is 2.17. The van der Waals surface area contributed by atoms with Crippen molar-refractivity contribution in [1.29, 1.82) is 0 Å². The Morgan fingerprint density at radius 2 is 1.84 bits per heavy atom. The molecular formula is C13H12ClNO3S. The van der Waals surface area contributed by atoms with E-state index in [0.717, 1.165) is 0 Å². The van der Waals surface area contributed by atoms with E-state index in [-0.39, 0.29) is 17.2 Å². The maximum absolute atomic E-state index is 12.0. The van der Waals surface area contributed by atoms with Crippen molar-refractivity contribution >= 4 is 21.6 Å². The molecule has 0 aliphatic carbocycles. The second-order valence-electron chi connectivity index (χ2n) is 3.91. The lowest BCUT2D eigenvalue weighted by molar-refractivity contribution is 0.467. The third-order valence-corrected chi connectivity index (χ3v) is 4.18. The summed E-state index contributed by atoms with van der Waals surface area (Å²) in [5.41, 5.74) is 0.508. The van der Waals surface area contributed by atoms with Crippen molar-refractivity contribution in [2.24, 2.45) is 0 Å². The Labute approximate surface area is 116 Å². The van der Waals surface area contributed by atoms with E-state index >= 15 is 0 Å². The fourth-order valence-corrected chi connectivity index (χ4v) is 2.86. The smallest absolute Gasteiger partial charge is 0.240 e. The number of phenolic OH excluding ortho intramolecular Hbond substituents is 1. The van der Waals surface area contributed by atoms with Gasteiger partial charge < -0.3 is 5.11 Å². The average molecular weight is 298 g/mol. The lowest BCUT2D eigenvalue weighted by Gasteiger charge is -2.08. The number of hydrogen-bond acceptors (Lipinski definition) is 3. The molecule has 0 aromatic heterocycles. The van der Waals surface area contributed by atoms with Crippen LogP contribution in [0.5, 0.6) is 5.75 Å². The van der Waals surface area contributed by atoms with Gasteiger partial charge in [0.15, 0.2) is 0 Å². The largest absolute Gasteiger partial charge is 0.508 e. The number of rotatable bonds is 4. The van der Waals surface area contributed by atoms with E-state index in [1.807, 2.05) is 0 Å². The highest BCUT2D eigenvalue weighted by Crippen LogP contribution is 2.18. The van der Waals surface area contributed by atoms with E-state index in [1.54, 1.807) is 30.3 Å². The molecule has 0 heterocycles. The van der Waals surface area contributed by atoms with Crippen LogP contribution < -0.4 is 4.72 Å². The fraction of sp³-hybridized carbons (Fsp3) is 0.0769. The highest BCUT2D eigenvalue weighted by Gasteiger charge is 2.14. The molecule has 0 aliphatic heterocycles. The summed E-state index contributed by atoms with van der Waals surface area (Å²) < 4.78 is 26.4. The highest BCUT2D eigenvalue weighted by molar-refractivity contribution is 7.89. The van der Waals surface area contributed by atoms with Crippen molar-refractivity contribution in [3.8, 4) is 5.75 Å². The van der Waals surface area contributed by atoms with Crippen molar-refractivity contribution in [1.82, 2.24) is 4.72 Å². The molecule has 0 unspecified atom stereocenters. The van der Waals surface area contributed by atoms with E-state index in [2.05, 4.69) is 4.72 Å². The van der Waals surface area contributed by atoms with Crippen LogP contribution in [-0.2, 0) is 16.6 Å². The standard InChI is InChI=1S/C13H12ClNO3S/c14-11-5-3-6-12(8-11)19(17,18)15-9-10-4-1-2-7-13(10)16/h1-8,15-16H,9H2. The number of hydrogen-bond donors (Lipinski definition) is 2. The minimum Gasteiger partial charge on any atom is -0.508 e. The first kappa shape index (κ1) is 13.9. The molecule has 0 radical (unpaired) electrons. The lowest BCUT2D eigenvalue weighted by atomic mass is 10.2. The molecule has 0 fully saturated rings. The molecule has 2 aromatic carbocycles. The van der Waals surface area contributed by atoms with Crippen LogP contribution in [0, 0.1) is 0 Å². The van der Waals surface area contributed by atoms with Crippen LogP contribution in [0.2, 0.25) is 5.02 Å². The molecule has 0 atom stereocenters. The molecule has 2 aromatic rings. The molecule has 0 spiro atoms. The van der Waals surface area contributed by atoms with Crippen LogP contribution in [0.3, 0.4) is 0 Å². The van der Waals surface area contributed by atoms with Crippen molar-refractivity contribution in [3.05, 3.63) is 59.1 Å². The van der Waals surface area contributed by atoms with Crippen LogP contribution in [0.1, 0.15) is 5.56 Å². The monoisotopic (exact) mass is 297 g/mol. The first-order valence-corrected chi connectivity index (χ1v) is 7.37. The minimum absolute atomic E-state index is 0.0154. The van der Waals surface area contributed by atoms with Gasteiger partial charge in [-0.1, -0.05) is 35.9 Å². The summed E-state index contributed by atoms with van der Waals surface area (Å²) in [7, 11) is -3.64. The Kier molecular flexibility index (Phi) is 4.09. The molecule has 0 bridgehead atoms. The Bertz CT molecular complexity index is 686. The van der Waals surface area contributed by atoms with E-state index < -0.39 is 10.0 Å². The van der Waals surface area contributed by atoms with Gasteiger partial charge in [-0.15, -0.1) is 0 Å². The van der Waals surface area contributed by atoms with Crippen LogP contribution in [-0.4, -0.2) is 13.5 Å². The topological polar surface area (TPSA) is 66.4 Å². The van der Waals surface area contributed by atoms with E-state index in [4.69, 9.17) is 11.6 Å². The summed E-state index contributed by atoms with van der Waals surface area (Å²) in [4.78, 5) is 0.0930. The number of para-hydroxylation sites is 1. The SMILES string of the molecule is O=S(=O)(NCc1ccccc1O)c1cccc(Cl)c1. The van der Waals surface area contributed by atoms with Crippen molar-refractivity contribution < 1.29 is 13.5 Å². The molecule has 6 heteroatoms. The number of aromatic hydroxyl groups is 1. The first-order chi connectivity index (χ1) is 8.99. The highest BCUT2D eigenvalue weighted by atomic mass is 35.5. The number of sulfonamides is 1. The van der Waals surface area contributed by atoms with Gasteiger partial charge in [-0.3, -0.25) is 0 Å². The molecule has 0 aliphatic rings.